The quantitative estimate of drug-likeness (QED) is 0.892. The molecule has 1 amide bonds. The van der Waals surface area contributed by atoms with E-state index >= 15 is 0 Å². The number of halogens is 1. The molecular formula is C15H23ClN2O. The monoisotopic (exact) mass is 282 g/mol. The summed E-state index contributed by atoms with van der Waals surface area (Å²) in [6.45, 7) is 3.76. The van der Waals surface area contributed by atoms with Crippen molar-refractivity contribution in [1.29, 1.82) is 0 Å². The first kappa shape index (κ1) is 16.0. The first-order chi connectivity index (χ1) is 8.58. The standard InChI is InChI=1S/C15H22N2O.ClH/c1-10(11(2)16)15(18)17-14-8-7-12-5-3-4-6-13(12)9-14;/h3-6,10-11,14H,7-9,16H2,1-2H3,(H,17,18);1H. The highest BCUT2D eigenvalue weighted by Gasteiger charge is 2.23. The lowest BCUT2D eigenvalue weighted by atomic mass is 9.88. The van der Waals surface area contributed by atoms with Crippen molar-refractivity contribution >= 4 is 18.3 Å². The van der Waals surface area contributed by atoms with Crippen LogP contribution in [0.4, 0.5) is 0 Å². The van der Waals surface area contributed by atoms with Gasteiger partial charge < -0.3 is 11.1 Å². The van der Waals surface area contributed by atoms with Gasteiger partial charge in [-0.05, 0) is 37.3 Å². The molecule has 2 rings (SSSR count). The Morgan fingerprint density at radius 1 is 1.32 bits per heavy atom. The second kappa shape index (κ2) is 6.92. The predicted molar refractivity (Wildman–Crippen MR) is 80.5 cm³/mol. The number of carbonyl (C=O) groups excluding carboxylic acids is 1. The van der Waals surface area contributed by atoms with Crippen LogP contribution in [0.1, 0.15) is 31.4 Å². The van der Waals surface area contributed by atoms with Gasteiger partial charge in [0.05, 0.1) is 0 Å². The normalized spacial score (nSPS) is 20.7. The summed E-state index contributed by atoms with van der Waals surface area (Å²) in [6.07, 6.45) is 3.01. The molecule has 4 heteroatoms. The van der Waals surface area contributed by atoms with E-state index < -0.39 is 0 Å². The number of nitrogens with two attached hydrogens (primary N) is 1. The summed E-state index contributed by atoms with van der Waals surface area (Å²) in [6, 6.07) is 8.64. The van der Waals surface area contributed by atoms with Gasteiger partial charge in [-0.15, -0.1) is 12.4 Å². The van der Waals surface area contributed by atoms with E-state index in [1.165, 1.54) is 11.1 Å². The molecule has 3 nitrogen and oxygen atoms in total. The Morgan fingerprint density at radius 2 is 1.95 bits per heavy atom. The van der Waals surface area contributed by atoms with Crippen LogP contribution in [0.3, 0.4) is 0 Å². The SMILES string of the molecule is CC(N)C(C)C(=O)NC1CCc2ccccc2C1.Cl. The summed E-state index contributed by atoms with van der Waals surface area (Å²) >= 11 is 0. The van der Waals surface area contributed by atoms with E-state index in [2.05, 4.69) is 29.6 Å². The minimum absolute atomic E-state index is 0. The molecule has 3 N–H and O–H groups in total. The van der Waals surface area contributed by atoms with Crippen molar-refractivity contribution in [2.75, 3.05) is 0 Å². The molecule has 0 spiro atoms. The van der Waals surface area contributed by atoms with Crippen molar-refractivity contribution in [2.24, 2.45) is 11.7 Å². The lowest BCUT2D eigenvalue weighted by Crippen LogP contribution is -2.45. The van der Waals surface area contributed by atoms with Gasteiger partial charge in [-0.2, -0.15) is 0 Å². The van der Waals surface area contributed by atoms with Gasteiger partial charge in [-0.1, -0.05) is 31.2 Å². The third-order valence-electron chi connectivity index (χ3n) is 3.90. The van der Waals surface area contributed by atoms with Crippen LogP contribution in [0.25, 0.3) is 0 Å². The smallest absolute Gasteiger partial charge is 0.224 e. The maximum absolute atomic E-state index is 12.0. The van der Waals surface area contributed by atoms with Gasteiger partial charge in [0.2, 0.25) is 5.91 Å². The molecule has 3 unspecified atom stereocenters. The molecular weight excluding hydrogens is 260 g/mol. The molecule has 0 radical (unpaired) electrons. The summed E-state index contributed by atoms with van der Waals surface area (Å²) in [7, 11) is 0. The minimum Gasteiger partial charge on any atom is -0.353 e. The predicted octanol–water partition coefficient (Wildman–Crippen LogP) is 2.07. The van der Waals surface area contributed by atoms with Crippen LogP contribution in [0.2, 0.25) is 0 Å². The van der Waals surface area contributed by atoms with E-state index in [-0.39, 0.29) is 36.3 Å². The molecule has 1 aromatic carbocycles. The molecule has 1 aliphatic rings. The van der Waals surface area contributed by atoms with Crippen LogP contribution in [-0.4, -0.2) is 18.0 Å². The number of carbonyl (C=O) groups is 1. The third kappa shape index (κ3) is 3.95. The highest BCUT2D eigenvalue weighted by Crippen LogP contribution is 2.21. The Morgan fingerprint density at radius 3 is 2.58 bits per heavy atom. The second-order valence-corrected chi connectivity index (χ2v) is 5.36. The largest absolute Gasteiger partial charge is 0.353 e. The van der Waals surface area contributed by atoms with Gasteiger partial charge in [0.15, 0.2) is 0 Å². The Hall–Kier alpha value is -1.06. The lowest BCUT2D eigenvalue weighted by Gasteiger charge is -2.27. The first-order valence-electron chi connectivity index (χ1n) is 6.70. The molecule has 106 valence electrons. The van der Waals surface area contributed by atoms with E-state index in [9.17, 15) is 4.79 Å². The van der Waals surface area contributed by atoms with Crippen LogP contribution >= 0.6 is 12.4 Å². The average molecular weight is 283 g/mol. The number of rotatable bonds is 3. The van der Waals surface area contributed by atoms with Gasteiger partial charge in [-0.25, -0.2) is 0 Å². The van der Waals surface area contributed by atoms with Crippen LogP contribution in [0, 0.1) is 5.92 Å². The Bertz CT molecular complexity index is 434. The summed E-state index contributed by atoms with van der Waals surface area (Å²) in [4.78, 5) is 12.0. The van der Waals surface area contributed by atoms with Crippen molar-refractivity contribution in [3.8, 4) is 0 Å². The van der Waals surface area contributed by atoms with Crippen molar-refractivity contribution < 1.29 is 4.79 Å². The summed E-state index contributed by atoms with van der Waals surface area (Å²) in [5.74, 6) is -0.0449. The van der Waals surface area contributed by atoms with E-state index in [0.717, 1.165) is 19.3 Å². The van der Waals surface area contributed by atoms with E-state index in [1.807, 2.05) is 13.8 Å². The molecule has 1 aromatic rings. The maximum atomic E-state index is 12.0. The lowest BCUT2D eigenvalue weighted by molar-refractivity contribution is -0.125. The fourth-order valence-electron chi connectivity index (χ4n) is 2.39. The Labute approximate surface area is 121 Å². The van der Waals surface area contributed by atoms with Gasteiger partial charge in [0, 0.05) is 18.0 Å². The van der Waals surface area contributed by atoms with Crippen molar-refractivity contribution in [3.63, 3.8) is 0 Å². The summed E-state index contributed by atoms with van der Waals surface area (Å²) in [5, 5.41) is 3.12. The number of hydrogen-bond donors (Lipinski definition) is 2. The second-order valence-electron chi connectivity index (χ2n) is 5.36. The molecule has 0 fully saturated rings. The average Bonchev–Trinajstić information content (AvgIpc) is 2.37. The third-order valence-corrected chi connectivity index (χ3v) is 3.90. The molecule has 0 bridgehead atoms. The summed E-state index contributed by atoms with van der Waals surface area (Å²) < 4.78 is 0. The van der Waals surface area contributed by atoms with Crippen LogP contribution in [-0.2, 0) is 17.6 Å². The van der Waals surface area contributed by atoms with Crippen LogP contribution in [0.5, 0.6) is 0 Å². The molecule has 0 saturated carbocycles. The Balaban J connectivity index is 0.00000180. The zero-order valence-electron chi connectivity index (χ0n) is 11.6. The van der Waals surface area contributed by atoms with Crippen LogP contribution < -0.4 is 11.1 Å². The van der Waals surface area contributed by atoms with E-state index in [4.69, 9.17) is 5.73 Å². The molecule has 3 atom stereocenters. The number of fused-ring (bicyclic) bond motifs is 1. The van der Waals surface area contributed by atoms with Crippen molar-refractivity contribution in [1.82, 2.24) is 5.32 Å². The molecule has 0 heterocycles. The zero-order chi connectivity index (χ0) is 13.1. The number of benzene rings is 1. The van der Waals surface area contributed by atoms with Crippen molar-refractivity contribution in [3.05, 3.63) is 35.4 Å². The van der Waals surface area contributed by atoms with Gasteiger partial charge in [0.1, 0.15) is 0 Å². The molecule has 0 aromatic heterocycles. The van der Waals surface area contributed by atoms with Crippen LogP contribution in [0.15, 0.2) is 24.3 Å². The van der Waals surface area contributed by atoms with E-state index in [1.54, 1.807) is 0 Å². The molecule has 19 heavy (non-hydrogen) atoms. The Kier molecular flexibility index (Phi) is 5.83. The molecule has 0 aliphatic heterocycles. The van der Waals surface area contributed by atoms with Crippen molar-refractivity contribution in [2.45, 2.75) is 45.2 Å². The fourth-order valence-corrected chi connectivity index (χ4v) is 2.39. The highest BCUT2D eigenvalue weighted by molar-refractivity contribution is 5.85. The zero-order valence-corrected chi connectivity index (χ0v) is 12.4. The van der Waals surface area contributed by atoms with Gasteiger partial charge >= 0.3 is 0 Å². The number of amides is 1. The van der Waals surface area contributed by atoms with Gasteiger partial charge in [0.25, 0.3) is 0 Å². The fraction of sp³-hybridized carbons (Fsp3) is 0.533. The highest BCUT2D eigenvalue weighted by atomic mass is 35.5. The molecule has 0 saturated heterocycles. The molecule has 1 aliphatic carbocycles. The number of nitrogens with one attached hydrogen (secondary N) is 1. The topological polar surface area (TPSA) is 55.1 Å². The number of hydrogen-bond acceptors (Lipinski definition) is 2. The number of aryl methyl sites for hydroxylation is 1. The summed E-state index contributed by atoms with van der Waals surface area (Å²) in [5.41, 5.74) is 8.54. The maximum Gasteiger partial charge on any atom is 0.224 e. The van der Waals surface area contributed by atoms with Gasteiger partial charge in [-0.3, -0.25) is 4.79 Å². The minimum atomic E-state index is -0.123. The van der Waals surface area contributed by atoms with E-state index in [0.29, 0.717) is 0 Å². The first-order valence-corrected chi connectivity index (χ1v) is 6.70.